The van der Waals surface area contributed by atoms with Gasteiger partial charge in [0, 0.05) is 5.02 Å². The largest absolute Gasteiger partial charge is 0.478 e. The van der Waals surface area contributed by atoms with E-state index in [1.807, 2.05) is 36.4 Å². The Labute approximate surface area is 255 Å². The average Bonchev–Trinajstić information content (AvgIpc) is 2.93. The van der Waals surface area contributed by atoms with Gasteiger partial charge >= 0.3 is 5.97 Å². The van der Waals surface area contributed by atoms with Gasteiger partial charge in [0.2, 0.25) is 0 Å². The van der Waals surface area contributed by atoms with Crippen LogP contribution in [-0.4, -0.2) is 11.1 Å². The second kappa shape index (κ2) is 16.7. The number of hydrogen-bond donors (Lipinski definition) is 1. The minimum Gasteiger partial charge on any atom is -0.478 e. The van der Waals surface area contributed by atoms with E-state index < -0.39 is 5.97 Å². The quantitative estimate of drug-likeness (QED) is 0.223. The molecule has 3 rings (SSSR count). The molecule has 2 nitrogen and oxygen atoms in total. The van der Waals surface area contributed by atoms with Crippen molar-refractivity contribution in [2.24, 2.45) is 0 Å². The molecule has 0 saturated carbocycles. The zero-order valence-corrected chi connectivity index (χ0v) is 26.6. The molecule has 0 bridgehead atoms. The number of aryl methyl sites for hydroxylation is 4. The summed E-state index contributed by atoms with van der Waals surface area (Å²) >= 11 is 18.0. The summed E-state index contributed by atoms with van der Waals surface area (Å²) in [4.78, 5) is 11.4. The molecule has 1 unspecified atom stereocenters. The highest BCUT2D eigenvalue weighted by molar-refractivity contribution is 6.42. The lowest BCUT2D eigenvalue weighted by Gasteiger charge is -2.13. The number of carbonyl (C=O) groups is 1. The normalized spacial score (nSPS) is 12.2. The first-order chi connectivity index (χ1) is 19.0. The number of rotatable bonds is 11. The lowest BCUT2D eigenvalue weighted by atomic mass is 9.93. The summed E-state index contributed by atoms with van der Waals surface area (Å²) in [5, 5.41) is 11.2. The molecule has 0 saturated heterocycles. The number of allylic oxidation sites excluding steroid dienone is 3. The van der Waals surface area contributed by atoms with E-state index in [0.717, 1.165) is 54.7 Å². The molecule has 40 heavy (non-hydrogen) atoms. The predicted molar refractivity (Wildman–Crippen MR) is 174 cm³/mol. The van der Waals surface area contributed by atoms with Crippen molar-refractivity contribution in [2.75, 3.05) is 0 Å². The number of benzene rings is 3. The van der Waals surface area contributed by atoms with Crippen LogP contribution in [0.4, 0.5) is 0 Å². The van der Waals surface area contributed by atoms with E-state index in [-0.39, 0.29) is 0 Å². The van der Waals surface area contributed by atoms with Crippen LogP contribution in [0, 0.1) is 6.92 Å². The maximum absolute atomic E-state index is 11.4. The summed E-state index contributed by atoms with van der Waals surface area (Å²) in [5.74, 6) is -0.383. The summed E-state index contributed by atoms with van der Waals surface area (Å²) in [6.45, 7) is 14.6. The van der Waals surface area contributed by atoms with Crippen LogP contribution in [0.5, 0.6) is 0 Å². The fourth-order valence-electron chi connectivity index (χ4n) is 4.57. The van der Waals surface area contributed by atoms with E-state index in [2.05, 4.69) is 47.3 Å². The Kier molecular flexibility index (Phi) is 14.0. The SMILES string of the molecule is C=CCC(C)c1cc(Cl)ccc1C.CC/C(C)=C(/C)CCc1ccc(C(=O)O)cc1CCc1ccc(Cl)c(Cl)c1. The molecule has 3 aromatic carbocycles. The second-order valence-corrected chi connectivity index (χ2v) is 11.6. The van der Waals surface area contributed by atoms with Gasteiger partial charge in [0.25, 0.3) is 0 Å². The van der Waals surface area contributed by atoms with Crippen molar-refractivity contribution in [2.45, 2.75) is 79.1 Å². The van der Waals surface area contributed by atoms with Crippen LogP contribution in [0.3, 0.4) is 0 Å². The lowest BCUT2D eigenvalue weighted by molar-refractivity contribution is 0.0696. The molecule has 5 heteroatoms. The predicted octanol–water partition coefficient (Wildman–Crippen LogP) is 11.5. The van der Waals surface area contributed by atoms with Gasteiger partial charge in [0.05, 0.1) is 15.6 Å². The first-order valence-electron chi connectivity index (χ1n) is 13.8. The first kappa shape index (κ1) is 33.7. The molecule has 0 aromatic heterocycles. The Bertz CT molecular complexity index is 1340. The molecular weight excluding hydrogens is 559 g/mol. The van der Waals surface area contributed by atoms with Crippen molar-refractivity contribution in [1.82, 2.24) is 0 Å². The summed E-state index contributed by atoms with van der Waals surface area (Å²) in [6, 6.07) is 17.2. The van der Waals surface area contributed by atoms with Crippen molar-refractivity contribution >= 4 is 40.8 Å². The fraction of sp³-hybridized carbons (Fsp3) is 0.343. The molecule has 1 atom stereocenters. The van der Waals surface area contributed by atoms with Crippen molar-refractivity contribution in [3.63, 3.8) is 0 Å². The standard InChI is InChI=1S/C23H26Cl2O2.C12H15Cl/c1-4-15(2)16(3)5-8-18-10-11-20(23(26)27)14-19(18)9-6-17-7-12-21(24)22(25)13-17;1-4-5-9(2)12-8-11(13)7-6-10(12)3/h7,10-14H,4-6,8-9H2,1-3H3,(H,26,27);4,6-9H,1,5H2,2-3H3/b16-15-;. The molecule has 0 fully saturated rings. The highest BCUT2D eigenvalue weighted by Crippen LogP contribution is 2.26. The minimum absolute atomic E-state index is 0.333. The topological polar surface area (TPSA) is 37.3 Å². The molecule has 0 aliphatic heterocycles. The minimum atomic E-state index is -0.893. The van der Waals surface area contributed by atoms with Crippen LogP contribution in [0.25, 0.3) is 0 Å². The van der Waals surface area contributed by atoms with E-state index in [0.29, 0.717) is 21.5 Å². The van der Waals surface area contributed by atoms with E-state index in [1.54, 1.807) is 18.2 Å². The Balaban J connectivity index is 0.000000360. The van der Waals surface area contributed by atoms with Crippen molar-refractivity contribution < 1.29 is 9.90 Å². The van der Waals surface area contributed by atoms with Crippen LogP contribution in [0.1, 0.15) is 91.1 Å². The summed E-state index contributed by atoms with van der Waals surface area (Å²) < 4.78 is 0. The smallest absolute Gasteiger partial charge is 0.335 e. The highest BCUT2D eigenvalue weighted by Gasteiger charge is 2.11. The van der Waals surface area contributed by atoms with Crippen LogP contribution in [-0.2, 0) is 19.3 Å². The highest BCUT2D eigenvalue weighted by atomic mass is 35.5. The fourth-order valence-corrected chi connectivity index (χ4v) is 5.07. The Morgan fingerprint density at radius 3 is 2.25 bits per heavy atom. The molecule has 3 aromatic rings. The molecule has 214 valence electrons. The summed E-state index contributed by atoms with van der Waals surface area (Å²) in [7, 11) is 0. The molecule has 0 amide bonds. The van der Waals surface area contributed by atoms with Crippen molar-refractivity contribution in [3.05, 3.63) is 127 Å². The second-order valence-electron chi connectivity index (χ2n) is 10.4. The van der Waals surface area contributed by atoms with Crippen LogP contribution in [0.2, 0.25) is 15.1 Å². The van der Waals surface area contributed by atoms with Gasteiger partial charge in [-0.15, -0.1) is 6.58 Å². The monoisotopic (exact) mass is 598 g/mol. The third-order valence-corrected chi connectivity index (χ3v) is 8.42. The molecule has 0 spiro atoms. The van der Waals surface area contributed by atoms with Gasteiger partial charge in [-0.3, -0.25) is 0 Å². The van der Waals surface area contributed by atoms with Gasteiger partial charge in [-0.2, -0.15) is 0 Å². The van der Waals surface area contributed by atoms with E-state index >= 15 is 0 Å². The number of carboxylic acid groups (broad SMARTS) is 1. The molecule has 0 aliphatic rings. The Hall–Kier alpha value is -2.52. The third kappa shape index (κ3) is 10.5. The molecule has 0 heterocycles. The Morgan fingerprint density at radius 2 is 1.62 bits per heavy atom. The van der Waals surface area contributed by atoms with Gasteiger partial charge in [0.15, 0.2) is 0 Å². The summed E-state index contributed by atoms with van der Waals surface area (Å²) in [5.41, 5.74) is 9.19. The van der Waals surface area contributed by atoms with Crippen LogP contribution >= 0.6 is 34.8 Å². The lowest BCUT2D eigenvalue weighted by Crippen LogP contribution is -2.03. The van der Waals surface area contributed by atoms with Gasteiger partial charge in [-0.25, -0.2) is 4.79 Å². The number of aromatic carboxylic acids is 1. The maximum Gasteiger partial charge on any atom is 0.335 e. The summed E-state index contributed by atoms with van der Waals surface area (Å²) in [6.07, 6.45) is 7.48. The zero-order valence-electron chi connectivity index (χ0n) is 24.3. The van der Waals surface area contributed by atoms with Crippen LogP contribution in [0.15, 0.2) is 78.4 Å². The molecule has 1 N–H and O–H groups in total. The number of hydrogen-bond acceptors (Lipinski definition) is 1. The zero-order chi connectivity index (χ0) is 29.8. The van der Waals surface area contributed by atoms with Gasteiger partial charge in [-0.05, 0) is 129 Å². The van der Waals surface area contributed by atoms with E-state index in [1.165, 1.54) is 27.8 Å². The van der Waals surface area contributed by atoms with Gasteiger partial charge in [-0.1, -0.05) is 84.1 Å². The van der Waals surface area contributed by atoms with Gasteiger partial charge in [0.1, 0.15) is 0 Å². The Morgan fingerprint density at radius 1 is 0.900 bits per heavy atom. The molecule has 0 radical (unpaired) electrons. The van der Waals surface area contributed by atoms with E-state index in [4.69, 9.17) is 34.8 Å². The number of carboxylic acids is 1. The maximum atomic E-state index is 11.4. The van der Waals surface area contributed by atoms with E-state index in [9.17, 15) is 9.90 Å². The third-order valence-electron chi connectivity index (χ3n) is 7.44. The molecular formula is C35H41Cl3O2. The van der Waals surface area contributed by atoms with Crippen LogP contribution < -0.4 is 0 Å². The average molecular weight is 600 g/mol. The number of halogens is 3. The van der Waals surface area contributed by atoms with Crippen molar-refractivity contribution in [1.29, 1.82) is 0 Å². The molecule has 0 aliphatic carbocycles. The van der Waals surface area contributed by atoms with Gasteiger partial charge < -0.3 is 5.11 Å². The van der Waals surface area contributed by atoms with Crippen molar-refractivity contribution in [3.8, 4) is 0 Å². The first-order valence-corrected chi connectivity index (χ1v) is 14.9.